The molecule has 4 aromatic rings. The molecule has 0 aliphatic rings. The minimum atomic E-state index is -0.471. The van der Waals surface area contributed by atoms with E-state index in [1.807, 2.05) is 60.7 Å². The van der Waals surface area contributed by atoms with Gasteiger partial charge in [-0.05, 0) is 23.3 Å². The first-order valence-corrected chi connectivity index (χ1v) is 9.90. The lowest BCUT2D eigenvalue weighted by molar-refractivity contribution is 0.249. The van der Waals surface area contributed by atoms with Crippen LogP contribution in [-0.2, 0) is 0 Å². The van der Waals surface area contributed by atoms with Crippen molar-refractivity contribution in [1.29, 1.82) is 0 Å². The maximum atomic E-state index is 12.7. The summed E-state index contributed by atoms with van der Waals surface area (Å²) in [5.74, 6) is 1.39. The van der Waals surface area contributed by atoms with E-state index >= 15 is 0 Å². The Kier molecular flexibility index (Phi) is 6.31. The van der Waals surface area contributed by atoms with Crippen molar-refractivity contribution in [3.8, 4) is 23.0 Å². The molecule has 1 aromatic heterocycles. The zero-order valence-corrected chi connectivity index (χ0v) is 17.6. The minimum Gasteiger partial charge on any atom is -0.497 e. The molecule has 0 bridgehead atoms. The van der Waals surface area contributed by atoms with E-state index in [0.29, 0.717) is 17.1 Å². The number of urea groups is 1. The lowest BCUT2D eigenvalue weighted by Gasteiger charge is -2.19. The number of anilines is 1. The van der Waals surface area contributed by atoms with E-state index in [4.69, 9.17) is 13.9 Å². The highest BCUT2D eigenvalue weighted by Crippen LogP contribution is 2.29. The van der Waals surface area contributed by atoms with Gasteiger partial charge in [0.05, 0.1) is 20.3 Å². The Morgan fingerprint density at radius 2 is 1.41 bits per heavy atom. The summed E-state index contributed by atoms with van der Waals surface area (Å²) in [5.41, 5.74) is 2.50. The fourth-order valence-corrected chi connectivity index (χ4v) is 3.24. The molecule has 1 heterocycles. The first kappa shape index (κ1) is 20.9. The highest BCUT2D eigenvalue weighted by Gasteiger charge is 2.19. The molecule has 0 spiro atoms. The lowest BCUT2D eigenvalue weighted by atomic mass is 9.99. The van der Waals surface area contributed by atoms with Crippen LogP contribution in [0.4, 0.5) is 10.8 Å². The van der Waals surface area contributed by atoms with Crippen molar-refractivity contribution in [3.63, 3.8) is 0 Å². The minimum absolute atomic E-state index is 0.0286. The second kappa shape index (κ2) is 9.65. The molecule has 4 rings (SSSR count). The van der Waals surface area contributed by atoms with Crippen LogP contribution in [0.2, 0.25) is 0 Å². The molecule has 32 heavy (non-hydrogen) atoms. The summed E-state index contributed by atoms with van der Waals surface area (Å²) < 4.78 is 16.2. The molecule has 0 fully saturated rings. The summed E-state index contributed by atoms with van der Waals surface area (Å²) >= 11 is 0. The van der Waals surface area contributed by atoms with Crippen LogP contribution >= 0.6 is 0 Å². The highest BCUT2D eigenvalue weighted by atomic mass is 16.5. The molecule has 0 radical (unpaired) electrons. The normalized spacial score (nSPS) is 10.6. The number of rotatable bonds is 7. The predicted octanol–water partition coefficient (Wildman–Crippen LogP) is 4.66. The first-order valence-electron chi connectivity index (χ1n) is 9.90. The van der Waals surface area contributed by atoms with Crippen molar-refractivity contribution in [2.24, 2.45) is 0 Å². The number of benzene rings is 3. The molecule has 2 amide bonds. The summed E-state index contributed by atoms with van der Waals surface area (Å²) in [4.78, 5) is 12.7. The third-order valence-electron chi connectivity index (χ3n) is 4.79. The fraction of sp³-hybridized carbons (Fsp3) is 0.125. The molecule has 0 saturated heterocycles. The Hall–Kier alpha value is -4.33. The quantitative estimate of drug-likeness (QED) is 0.442. The predicted molar refractivity (Wildman–Crippen MR) is 120 cm³/mol. The van der Waals surface area contributed by atoms with Gasteiger partial charge in [0, 0.05) is 11.6 Å². The van der Waals surface area contributed by atoms with Crippen LogP contribution in [0.25, 0.3) is 11.5 Å². The van der Waals surface area contributed by atoms with Crippen LogP contribution < -0.4 is 20.1 Å². The molecule has 8 heteroatoms. The number of methoxy groups -OCH3 is 2. The van der Waals surface area contributed by atoms with Gasteiger partial charge in [0.1, 0.15) is 11.5 Å². The van der Waals surface area contributed by atoms with E-state index in [2.05, 4.69) is 20.8 Å². The summed E-state index contributed by atoms with van der Waals surface area (Å²) in [5, 5.41) is 13.5. The average molecular weight is 430 g/mol. The van der Waals surface area contributed by atoms with Gasteiger partial charge in [-0.15, -0.1) is 5.10 Å². The van der Waals surface area contributed by atoms with E-state index in [0.717, 1.165) is 11.1 Å². The van der Waals surface area contributed by atoms with Crippen LogP contribution in [-0.4, -0.2) is 30.4 Å². The van der Waals surface area contributed by atoms with Gasteiger partial charge in [0.2, 0.25) is 5.89 Å². The van der Waals surface area contributed by atoms with Gasteiger partial charge in [-0.3, -0.25) is 5.32 Å². The number of aromatic nitrogens is 2. The molecule has 162 valence electrons. The molecular weight excluding hydrogens is 408 g/mol. The summed E-state index contributed by atoms with van der Waals surface area (Å²) in [6.45, 7) is 0. The SMILES string of the molecule is COc1cc(OC)cc(-c2nnc(NC(=O)NC(c3ccccc3)c3ccccc3)o2)c1. The van der Waals surface area contributed by atoms with Gasteiger partial charge in [-0.2, -0.15) is 0 Å². The molecule has 3 aromatic carbocycles. The molecule has 8 nitrogen and oxygen atoms in total. The number of hydrogen-bond donors (Lipinski definition) is 2. The molecule has 0 aliphatic heterocycles. The Labute approximate surface area is 185 Å². The lowest BCUT2D eigenvalue weighted by Crippen LogP contribution is -2.33. The standard InChI is InChI=1S/C24H22N4O4/c1-30-19-13-18(14-20(15-19)31-2)22-27-28-24(32-22)26-23(29)25-21(16-9-5-3-6-10-16)17-11-7-4-8-12-17/h3-15,21H,1-2H3,(H2,25,26,28,29). The number of amides is 2. The van der Waals surface area contributed by atoms with Crippen LogP contribution in [0.3, 0.4) is 0 Å². The summed E-state index contributed by atoms with van der Waals surface area (Å²) in [6, 6.07) is 23.8. The van der Waals surface area contributed by atoms with Crippen molar-refractivity contribution in [2.45, 2.75) is 6.04 Å². The summed E-state index contributed by atoms with van der Waals surface area (Å²) in [7, 11) is 3.11. The zero-order chi connectivity index (χ0) is 22.3. The Balaban J connectivity index is 1.51. The molecular formula is C24H22N4O4. The Morgan fingerprint density at radius 1 is 0.844 bits per heavy atom. The Bertz CT molecular complexity index is 1120. The maximum Gasteiger partial charge on any atom is 0.324 e. The second-order valence-corrected chi connectivity index (χ2v) is 6.87. The largest absolute Gasteiger partial charge is 0.497 e. The van der Waals surface area contributed by atoms with Crippen LogP contribution in [0, 0.1) is 0 Å². The maximum absolute atomic E-state index is 12.7. The highest BCUT2D eigenvalue weighted by molar-refractivity contribution is 5.87. The molecule has 2 N–H and O–H groups in total. The van der Waals surface area contributed by atoms with Crippen molar-refractivity contribution in [1.82, 2.24) is 15.5 Å². The number of carbonyl (C=O) groups excluding carboxylic acids is 1. The number of carbonyl (C=O) groups is 1. The molecule has 0 unspecified atom stereocenters. The van der Waals surface area contributed by atoms with E-state index < -0.39 is 6.03 Å². The van der Waals surface area contributed by atoms with Gasteiger partial charge in [-0.25, -0.2) is 4.79 Å². The zero-order valence-electron chi connectivity index (χ0n) is 17.6. The second-order valence-electron chi connectivity index (χ2n) is 6.87. The third kappa shape index (κ3) is 4.86. The van der Waals surface area contributed by atoms with Crippen LogP contribution in [0.5, 0.6) is 11.5 Å². The molecule has 0 aliphatic carbocycles. The van der Waals surface area contributed by atoms with Gasteiger partial charge in [0.25, 0.3) is 0 Å². The topological polar surface area (TPSA) is 98.5 Å². The van der Waals surface area contributed by atoms with Crippen molar-refractivity contribution in [3.05, 3.63) is 90.0 Å². The molecule has 0 saturated carbocycles. The first-order chi connectivity index (χ1) is 15.7. The Morgan fingerprint density at radius 3 is 1.94 bits per heavy atom. The number of ether oxygens (including phenoxy) is 2. The van der Waals surface area contributed by atoms with E-state index in [-0.39, 0.29) is 17.9 Å². The van der Waals surface area contributed by atoms with Crippen molar-refractivity contribution < 1.29 is 18.7 Å². The van der Waals surface area contributed by atoms with Gasteiger partial charge in [-0.1, -0.05) is 65.8 Å². The van der Waals surface area contributed by atoms with Gasteiger partial charge < -0.3 is 19.2 Å². The molecule has 0 atom stereocenters. The van der Waals surface area contributed by atoms with Gasteiger partial charge >= 0.3 is 12.0 Å². The summed E-state index contributed by atoms with van der Waals surface area (Å²) in [6.07, 6.45) is 0. The smallest absolute Gasteiger partial charge is 0.324 e. The van der Waals surface area contributed by atoms with E-state index in [1.54, 1.807) is 32.4 Å². The number of nitrogens with one attached hydrogen (secondary N) is 2. The van der Waals surface area contributed by atoms with Crippen molar-refractivity contribution >= 4 is 12.0 Å². The van der Waals surface area contributed by atoms with Crippen LogP contribution in [0.15, 0.2) is 83.3 Å². The van der Waals surface area contributed by atoms with Crippen molar-refractivity contribution in [2.75, 3.05) is 19.5 Å². The number of hydrogen-bond acceptors (Lipinski definition) is 6. The monoisotopic (exact) mass is 430 g/mol. The van der Waals surface area contributed by atoms with Crippen LogP contribution in [0.1, 0.15) is 17.2 Å². The average Bonchev–Trinajstić information content (AvgIpc) is 3.31. The van der Waals surface area contributed by atoms with Gasteiger partial charge in [0.15, 0.2) is 0 Å². The fourth-order valence-electron chi connectivity index (χ4n) is 3.24. The third-order valence-corrected chi connectivity index (χ3v) is 4.79. The van der Waals surface area contributed by atoms with E-state index in [1.165, 1.54) is 0 Å². The number of nitrogens with zero attached hydrogens (tertiary/aromatic N) is 2. The van der Waals surface area contributed by atoms with E-state index in [9.17, 15) is 4.79 Å².